The lowest BCUT2D eigenvalue weighted by Gasteiger charge is -2.20. The molecule has 11 heteroatoms. The molecule has 4 N–H and O–H groups in total. The van der Waals surface area contributed by atoms with Crippen LogP contribution in [0.25, 0.3) is 22.3 Å². The highest BCUT2D eigenvalue weighted by Gasteiger charge is 2.22. The van der Waals surface area contributed by atoms with Crippen LogP contribution in [0.1, 0.15) is 45.7 Å². The van der Waals surface area contributed by atoms with Gasteiger partial charge in [0.1, 0.15) is 22.3 Å². The van der Waals surface area contributed by atoms with E-state index in [1.165, 1.54) is 6.21 Å². The predicted octanol–water partition coefficient (Wildman–Crippen LogP) is 5.74. The van der Waals surface area contributed by atoms with E-state index in [1.54, 1.807) is 50.7 Å². The Labute approximate surface area is 229 Å². The van der Waals surface area contributed by atoms with Gasteiger partial charge in [0.25, 0.3) is 5.91 Å². The molecule has 1 atom stereocenters. The number of nitrogens with zero attached hydrogens (tertiary/aromatic N) is 2. The zero-order chi connectivity index (χ0) is 27.6. The standard InChI is InChI=1S/C27H27ClN6O3S/c1-13-8-18(15(3)32-20-6-7-21(28)33-22(20)27(36)34-38-5)25-19(9-13)23(35)14(2)24(37-25)17-10-16(11-29)26(30-4)31-12-17/h6-12,15,29,32H,1-5H3,(H,30,31)(H,34,36). The molecule has 0 fully saturated rings. The second-order valence-electron chi connectivity index (χ2n) is 8.70. The molecule has 0 bridgehead atoms. The van der Waals surface area contributed by atoms with Crippen molar-refractivity contribution in [2.75, 3.05) is 23.9 Å². The minimum Gasteiger partial charge on any atom is -0.455 e. The number of anilines is 2. The minimum absolute atomic E-state index is 0.152. The summed E-state index contributed by atoms with van der Waals surface area (Å²) >= 11 is 7.23. The van der Waals surface area contributed by atoms with E-state index in [9.17, 15) is 9.59 Å². The summed E-state index contributed by atoms with van der Waals surface area (Å²) in [4.78, 5) is 34.7. The Balaban J connectivity index is 1.86. The van der Waals surface area contributed by atoms with Gasteiger partial charge in [0.15, 0.2) is 11.1 Å². The molecule has 196 valence electrons. The predicted molar refractivity (Wildman–Crippen MR) is 155 cm³/mol. The van der Waals surface area contributed by atoms with Gasteiger partial charge < -0.3 is 20.5 Å². The number of halogens is 1. The average Bonchev–Trinajstić information content (AvgIpc) is 2.91. The lowest BCUT2D eigenvalue weighted by Crippen LogP contribution is -2.20. The van der Waals surface area contributed by atoms with Gasteiger partial charge >= 0.3 is 0 Å². The quantitative estimate of drug-likeness (QED) is 0.124. The second kappa shape index (κ2) is 11.2. The number of carbonyl (C=O) groups is 1. The van der Waals surface area contributed by atoms with Crippen molar-refractivity contribution in [1.29, 1.82) is 5.41 Å². The summed E-state index contributed by atoms with van der Waals surface area (Å²) in [6.45, 7) is 5.54. The summed E-state index contributed by atoms with van der Waals surface area (Å²) in [6.07, 6.45) is 4.55. The molecule has 3 heterocycles. The molecule has 0 aliphatic rings. The van der Waals surface area contributed by atoms with Crippen molar-refractivity contribution in [2.45, 2.75) is 26.8 Å². The van der Waals surface area contributed by atoms with E-state index in [0.29, 0.717) is 44.9 Å². The fourth-order valence-corrected chi connectivity index (χ4v) is 4.70. The molecule has 4 rings (SSSR count). The first kappa shape index (κ1) is 27.2. The fourth-order valence-electron chi connectivity index (χ4n) is 4.27. The highest BCUT2D eigenvalue weighted by Crippen LogP contribution is 2.33. The van der Waals surface area contributed by atoms with E-state index in [1.807, 2.05) is 19.9 Å². The highest BCUT2D eigenvalue weighted by atomic mass is 35.5. The smallest absolute Gasteiger partial charge is 0.281 e. The average molecular weight is 551 g/mol. The van der Waals surface area contributed by atoms with Crippen LogP contribution in [-0.2, 0) is 0 Å². The SMILES string of the molecule is CNc1ncc(-c2oc3c(C(C)Nc4ccc(Cl)nc4C(=O)NSC)cc(C)cc3c(=O)c2C)cc1C=N. The molecule has 4 aromatic rings. The molecule has 1 aromatic carbocycles. The molecule has 9 nitrogen and oxygen atoms in total. The van der Waals surface area contributed by atoms with Crippen LogP contribution in [0.2, 0.25) is 5.15 Å². The van der Waals surface area contributed by atoms with Crippen LogP contribution in [0.3, 0.4) is 0 Å². The number of amides is 1. The van der Waals surface area contributed by atoms with Crippen molar-refractivity contribution in [3.63, 3.8) is 0 Å². The van der Waals surface area contributed by atoms with Crippen molar-refractivity contribution in [3.8, 4) is 11.3 Å². The maximum absolute atomic E-state index is 13.5. The normalized spacial score (nSPS) is 11.7. The molecular formula is C27H27ClN6O3S. The Morgan fingerprint density at radius 2 is 2.00 bits per heavy atom. The van der Waals surface area contributed by atoms with E-state index in [-0.39, 0.29) is 28.2 Å². The van der Waals surface area contributed by atoms with Gasteiger partial charge in [-0.2, -0.15) is 0 Å². The minimum atomic E-state index is -0.382. The van der Waals surface area contributed by atoms with Gasteiger partial charge in [-0.1, -0.05) is 29.6 Å². The Morgan fingerprint density at radius 3 is 2.68 bits per heavy atom. The Hall–Kier alpha value is -3.89. The summed E-state index contributed by atoms with van der Waals surface area (Å²) in [7, 11) is 1.73. The van der Waals surface area contributed by atoms with Crippen molar-refractivity contribution < 1.29 is 9.21 Å². The third kappa shape index (κ3) is 5.23. The monoisotopic (exact) mass is 550 g/mol. The number of aromatic nitrogens is 2. The molecule has 0 aliphatic carbocycles. The van der Waals surface area contributed by atoms with E-state index in [2.05, 4.69) is 25.3 Å². The van der Waals surface area contributed by atoms with Gasteiger partial charge in [-0.25, -0.2) is 9.97 Å². The van der Waals surface area contributed by atoms with Gasteiger partial charge in [-0.15, -0.1) is 0 Å². The van der Waals surface area contributed by atoms with Crippen LogP contribution in [-0.4, -0.2) is 35.4 Å². The molecule has 38 heavy (non-hydrogen) atoms. The zero-order valence-electron chi connectivity index (χ0n) is 21.5. The molecule has 0 radical (unpaired) electrons. The zero-order valence-corrected chi connectivity index (χ0v) is 23.1. The summed E-state index contributed by atoms with van der Waals surface area (Å²) in [6, 6.07) is 8.43. The van der Waals surface area contributed by atoms with Crippen LogP contribution in [0.15, 0.2) is 45.7 Å². The van der Waals surface area contributed by atoms with E-state index >= 15 is 0 Å². The molecule has 1 amide bonds. The van der Waals surface area contributed by atoms with Gasteiger partial charge in [0.2, 0.25) is 0 Å². The molecule has 1 unspecified atom stereocenters. The molecule has 0 spiro atoms. The number of rotatable bonds is 8. The number of pyridine rings is 2. The van der Waals surface area contributed by atoms with Gasteiger partial charge in [-0.3, -0.25) is 14.3 Å². The van der Waals surface area contributed by atoms with Crippen molar-refractivity contribution in [3.05, 3.63) is 79.9 Å². The van der Waals surface area contributed by atoms with Crippen LogP contribution in [0.5, 0.6) is 0 Å². The Morgan fingerprint density at radius 1 is 1.24 bits per heavy atom. The number of nitrogens with one attached hydrogen (secondary N) is 4. The Kier molecular flexibility index (Phi) is 8.03. The second-order valence-corrected chi connectivity index (χ2v) is 9.70. The van der Waals surface area contributed by atoms with E-state index in [4.69, 9.17) is 21.4 Å². The van der Waals surface area contributed by atoms with E-state index < -0.39 is 0 Å². The molecule has 0 saturated heterocycles. The fraction of sp³-hybridized carbons (Fsp3) is 0.222. The lowest BCUT2D eigenvalue weighted by molar-refractivity contribution is 0.0980. The largest absolute Gasteiger partial charge is 0.455 e. The number of benzene rings is 1. The summed E-state index contributed by atoms with van der Waals surface area (Å²) in [5, 5.41) is 14.7. The maximum Gasteiger partial charge on any atom is 0.281 e. The van der Waals surface area contributed by atoms with E-state index in [0.717, 1.165) is 23.1 Å². The van der Waals surface area contributed by atoms with Gasteiger partial charge in [0.05, 0.1) is 17.1 Å². The van der Waals surface area contributed by atoms with Crippen LogP contribution < -0.4 is 20.8 Å². The molecule has 0 saturated carbocycles. The molecular weight excluding hydrogens is 524 g/mol. The van der Waals surface area contributed by atoms with Crippen LogP contribution in [0.4, 0.5) is 11.5 Å². The number of carbonyl (C=O) groups excluding carboxylic acids is 1. The molecule has 0 aliphatic heterocycles. The number of fused-ring (bicyclic) bond motifs is 1. The maximum atomic E-state index is 13.5. The lowest BCUT2D eigenvalue weighted by atomic mass is 9.98. The van der Waals surface area contributed by atoms with Crippen LogP contribution >= 0.6 is 23.5 Å². The number of hydrogen-bond donors (Lipinski definition) is 4. The number of hydrogen-bond acceptors (Lipinski definition) is 9. The first-order valence-corrected chi connectivity index (χ1v) is 13.3. The third-order valence-electron chi connectivity index (χ3n) is 6.07. The Bertz CT molecular complexity index is 1620. The van der Waals surface area contributed by atoms with Gasteiger partial charge in [0, 0.05) is 48.0 Å². The van der Waals surface area contributed by atoms with Crippen LogP contribution in [0, 0.1) is 19.3 Å². The van der Waals surface area contributed by atoms with Gasteiger partial charge in [-0.05, 0) is 50.6 Å². The van der Waals surface area contributed by atoms with Crippen molar-refractivity contribution in [1.82, 2.24) is 14.7 Å². The van der Waals surface area contributed by atoms with Crippen molar-refractivity contribution in [2.24, 2.45) is 0 Å². The molecule has 3 aromatic heterocycles. The first-order valence-electron chi connectivity index (χ1n) is 11.7. The summed E-state index contributed by atoms with van der Waals surface area (Å²) in [5.74, 6) is 0.551. The number of aryl methyl sites for hydroxylation is 1. The highest BCUT2D eigenvalue weighted by molar-refractivity contribution is 7.97. The summed E-state index contributed by atoms with van der Waals surface area (Å²) < 4.78 is 9.09. The summed E-state index contributed by atoms with van der Waals surface area (Å²) in [5.41, 5.74) is 4.14. The topological polar surface area (TPSA) is 133 Å². The first-order chi connectivity index (χ1) is 18.2. The van der Waals surface area contributed by atoms with Crippen molar-refractivity contribution >= 4 is 58.1 Å². The third-order valence-corrected chi connectivity index (χ3v) is 6.67.